The van der Waals surface area contributed by atoms with E-state index in [1.54, 1.807) is 12.1 Å². The first-order valence-corrected chi connectivity index (χ1v) is 17.3. The van der Waals surface area contributed by atoms with E-state index in [1.165, 1.54) is 62.8 Å². The van der Waals surface area contributed by atoms with Gasteiger partial charge in [-0.1, -0.05) is 90.2 Å². The van der Waals surface area contributed by atoms with Crippen LogP contribution < -0.4 is 68.6 Å². The summed E-state index contributed by atoms with van der Waals surface area (Å²) in [7, 11) is -9.54. The molecule has 0 aromatic heterocycles. The normalized spacial score (nSPS) is 11.4. The fourth-order valence-electron chi connectivity index (χ4n) is 4.57. The van der Waals surface area contributed by atoms with Gasteiger partial charge in [-0.05, 0) is 61.1 Å². The second-order valence-electron chi connectivity index (χ2n) is 10.2. The molecule has 0 amide bonds. The number of rotatable bonds is 21. The molecule has 8 nitrogen and oxygen atoms in total. The van der Waals surface area contributed by atoms with Crippen LogP contribution in [0.1, 0.15) is 102 Å². The van der Waals surface area contributed by atoms with Crippen molar-refractivity contribution in [3.8, 4) is 11.5 Å². The zero-order valence-electron chi connectivity index (χ0n) is 25.9. The van der Waals surface area contributed by atoms with Crippen molar-refractivity contribution in [2.24, 2.45) is 0 Å². The molecule has 226 valence electrons. The molecule has 42 heavy (non-hydrogen) atoms. The Morgan fingerprint density at radius 1 is 0.548 bits per heavy atom. The Morgan fingerprint density at radius 2 is 0.881 bits per heavy atom. The van der Waals surface area contributed by atoms with Crippen molar-refractivity contribution in [1.29, 1.82) is 0 Å². The van der Waals surface area contributed by atoms with E-state index in [1.807, 2.05) is 0 Å². The molecule has 0 atom stereocenters. The summed E-state index contributed by atoms with van der Waals surface area (Å²) in [5, 5.41) is 0. The average molecular weight is 643 g/mol. The predicted molar refractivity (Wildman–Crippen MR) is 154 cm³/mol. The zero-order chi connectivity index (χ0) is 29.4. The van der Waals surface area contributed by atoms with Gasteiger partial charge in [-0.15, -0.1) is 0 Å². The molecule has 0 unspecified atom stereocenters. The Bertz CT molecular complexity index is 1150. The Kier molecular flexibility index (Phi) is 22.3. The van der Waals surface area contributed by atoms with Crippen LogP contribution in [0, 0.1) is 0 Å². The summed E-state index contributed by atoms with van der Waals surface area (Å²) in [6.45, 7) is 4.00. The van der Waals surface area contributed by atoms with E-state index in [9.17, 15) is 25.9 Å². The van der Waals surface area contributed by atoms with E-state index >= 15 is 0 Å². The molecule has 2 rings (SSSR count). The maximum atomic E-state index is 11.9. The van der Waals surface area contributed by atoms with Crippen molar-refractivity contribution in [1.82, 2.24) is 0 Å². The van der Waals surface area contributed by atoms with Gasteiger partial charge in [-0.25, -0.2) is 16.8 Å². The minimum atomic E-state index is -4.77. The van der Waals surface area contributed by atoms with E-state index in [2.05, 4.69) is 13.8 Å². The standard InChI is InChI=1S/C30H46O8S2.2Na/c1-3-5-7-9-11-13-15-25-17-19-27(29(23-25)39(31,32)33)37-21-22-38-28-20-18-26(24-30(28)40(34,35)36)16-14-12-10-8-6-4-2;;/h17-20,23-24H,3-16,21-22H2,1-2H3,(H,31,32,33)(H,34,35,36);;/q;2*+1/p-2. The van der Waals surface area contributed by atoms with Crippen LogP contribution in [0.15, 0.2) is 46.2 Å². The molecule has 0 bridgehead atoms. The van der Waals surface area contributed by atoms with Crippen LogP contribution in [0.4, 0.5) is 0 Å². The van der Waals surface area contributed by atoms with Crippen LogP contribution in [0.25, 0.3) is 0 Å². The van der Waals surface area contributed by atoms with Gasteiger partial charge >= 0.3 is 59.1 Å². The maximum Gasteiger partial charge on any atom is 1.00 e. The summed E-state index contributed by atoms with van der Waals surface area (Å²) in [4.78, 5) is -0.865. The summed E-state index contributed by atoms with van der Waals surface area (Å²) in [6, 6.07) is 9.11. The Labute approximate surface area is 297 Å². The van der Waals surface area contributed by atoms with E-state index in [4.69, 9.17) is 9.47 Å². The first kappa shape index (κ1) is 41.9. The molecule has 0 radical (unpaired) electrons. The summed E-state index contributed by atoms with van der Waals surface area (Å²) < 4.78 is 82.2. The first-order valence-electron chi connectivity index (χ1n) is 14.5. The van der Waals surface area contributed by atoms with Gasteiger partial charge in [-0.2, -0.15) is 0 Å². The number of hydrogen-bond acceptors (Lipinski definition) is 8. The Balaban J connectivity index is 0.00000840. The summed E-state index contributed by atoms with van der Waals surface area (Å²) in [5.41, 5.74) is 1.50. The molecule has 0 fully saturated rings. The molecule has 2 aromatic rings. The third-order valence-corrected chi connectivity index (χ3v) is 8.51. The molecule has 0 heterocycles. The fraction of sp³-hybridized carbons (Fsp3) is 0.600. The van der Waals surface area contributed by atoms with Crippen LogP contribution in [-0.2, 0) is 33.1 Å². The molecule has 0 aliphatic heterocycles. The van der Waals surface area contributed by atoms with Gasteiger partial charge in [0.15, 0.2) is 0 Å². The monoisotopic (exact) mass is 642 g/mol. The summed E-state index contributed by atoms with van der Waals surface area (Å²) in [6.07, 6.45) is 14.6. The van der Waals surface area contributed by atoms with Crippen LogP contribution in [0.5, 0.6) is 11.5 Å². The van der Waals surface area contributed by atoms with Crippen molar-refractivity contribution >= 4 is 20.2 Å². The minimum Gasteiger partial charge on any atom is -0.744 e. The molecular formula is C30H44Na2O8S2. The molecule has 0 N–H and O–H groups in total. The Hall–Kier alpha value is -0.140. The molecule has 0 spiro atoms. The zero-order valence-corrected chi connectivity index (χ0v) is 31.5. The molecule has 0 saturated carbocycles. The number of benzene rings is 2. The largest absolute Gasteiger partial charge is 1.00 e. The van der Waals surface area contributed by atoms with E-state index in [0.717, 1.165) is 49.7 Å². The summed E-state index contributed by atoms with van der Waals surface area (Å²) >= 11 is 0. The van der Waals surface area contributed by atoms with Crippen molar-refractivity contribution in [3.05, 3.63) is 47.5 Å². The van der Waals surface area contributed by atoms with Gasteiger partial charge in [0.05, 0.1) is 9.79 Å². The van der Waals surface area contributed by atoms with E-state index in [0.29, 0.717) is 12.8 Å². The smallest absolute Gasteiger partial charge is 0.744 e. The average Bonchev–Trinajstić information content (AvgIpc) is 2.90. The number of hydrogen-bond donors (Lipinski definition) is 0. The van der Waals surface area contributed by atoms with Crippen LogP contribution in [0.3, 0.4) is 0 Å². The topological polar surface area (TPSA) is 133 Å². The minimum absolute atomic E-state index is 0. The molecule has 12 heteroatoms. The Morgan fingerprint density at radius 3 is 1.21 bits per heavy atom. The van der Waals surface area contributed by atoms with Gasteiger partial charge in [0.2, 0.25) is 0 Å². The molecule has 0 aliphatic rings. The van der Waals surface area contributed by atoms with Crippen molar-refractivity contribution < 1.29 is 94.5 Å². The number of unbranched alkanes of at least 4 members (excludes halogenated alkanes) is 10. The number of ether oxygens (including phenoxy) is 2. The van der Waals surface area contributed by atoms with Gasteiger partial charge in [0.1, 0.15) is 44.9 Å². The molecule has 2 aromatic carbocycles. The van der Waals surface area contributed by atoms with Gasteiger partial charge < -0.3 is 18.6 Å². The SMILES string of the molecule is CCCCCCCCc1ccc(OCCOc2ccc(CCCCCCCC)cc2S(=O)(=O)[O-])c(S(=O)(=O)[O-])c1.[Na+].[Na+]. The third kappa shape index (κ3) is 16.3. The fourth-order valence-corrected chi connectivity index (χ4v) is 5.91. The van der Waals surface area contributed by atoms with Gasteiger partial charge in [0, 0.05) is 0 Å². The number of aryl methyl sites for hydroxylation is 2. The van der Waals surface area contributed by atoms with Crippen LogP contribution in [0.2, 0.25) is 0 Å². The molecular weight excluding hydrogens is 598 g/mol. The van der Waals surface area contributed by atoms with Crippen molar-refractivity contribution in [3.63, 3.8) is 0 Å². The first-order chi connectivity index (χ1) is 19.1. The van der Waals surface area contributed by atoms with Crippen molar-refractivity contribution in [2.75, 3.05) is 13.2 Å². The van der Waals surface area contributed by atoms with Crippen LogP contribution in [-0.4, -0.2) is 39.2 Å². The summed E-state index contributed by atoms with van der Waals surface area (Å²) in [5.74, 6) is -0.174. The molecule has 0 aliphatic carbocycles. The van der Waals surface area contributed by atoms with Gasteiger partial charge in [-0.3, -0.25) is 0 Å². The quantitative estimate of drug-likeness (QED) is 0.111. The molecule has 0 saturated heterocycles. The third-order valence-electron chi connectivity index (χ3n) is 6.79. The van der Waals surface area contributed by atoms with E-state index in [-0.39, 0.29) is 83.8 Å². The maximum absolute atomic E-state index is 11.9. The van der Waals surface area contributed by atoms with Crippen molar-refractivity contribution in [2.45, 2.75) is 114 Å². The van der Waals surface area contributed by atoms with Gasteiger partial charge in [0.25, 0.3) is 0 Å². The predicted octanol–water partition coefficient (Wildman–Crippen LogP) is 0.767. The second-order valence-corrected chi connectivity index (χ2v) is 12.9. The second kappa shape index (κ2) is 22.4. The van der Waals surface area contributed by atoms with Crippen LogP contribution >= 0.6 is 0 Å². The van der Waals surface area contributed by atoms with E-state index < -0.39 is 30.0 Å².